The summed E-state index contributed by atoms with van der Waals surface area (Å²) in [6, 6.07) is 2.01. The van der Waals surface area contributed by atoms with Crippen molar-refractivity contribution in [3.05, 3.63) is 33.4 Å². The summed E-state index contributed by atoms with van der Waals surface area (Å²) in [5.41, 5.74) is 1.93. The van der Waals surface area contributed by atoms with Crippen LogP contribution in [0.3, 0.4) is 0 Å². The molecule has 0 aliphatic heterocycles. The lowest BCUT2D eigenvalue weighted by Gasteiger charge is -2.02. The fourth-order valence-corrected chi connectivity index (χ4v) is 2.80. The summed E-state index contributed by atoms with van der Waals surface area (Å²) in [4.78, 5) is 9.77. The molecule has 2 heterocycles. The largest absolute Gasteiger partial charge is 0.236 e. The number of thiophene rings is 1. The van der Waals surface area contributed by atoms with Gasteiger partial charge in [-0.25, -0.2) is 9.97 Å². The van der Waals surface area contributed by atoms with Crippen LogP contribution in [0.25, 0.3) is 10.7 Å². The molecule has 0 atom stereocenters. The third-order valence-corrected chi connectivity index (χ3v) is 3.99. The van der Waals surface area contributed by atoms with Gasteiger partial charge >= 0.3 is 0 Å². The highest BCUT2D eigenvalue weighted by Crippen LogP contribution is 2.27. The average Bonchev–Trinajstić information content (AvgIpc) is 2.65. The van der Waals surface area contributed by atoms with Gasteiger partial charge in [0.15, 0.2) is 5.82 Å². The zero-order valence-corrected chi connectivity index (χ0v) is 11.2. The van der Waals surface area contributed by atoms with Crippen LogP contribution >= 0.6 is 38.9 Å². The molecule has 0 aliphatic rings. The smallest absolute Gasteiger partial charge is 0.169 e. The van der Waals surface area contributed by atoms with E-state index in [2.05, 4.69) is 25.9 Å². The first-order valence-corrected chi connectivity index (χ1v) is 6.54. The zero-order valence-electron chi connectivity index (χ0n) is 8.00. The normalized spacial score (nSPS) is 10.6. The van der Waals surface area contributed by atoms with E-state index in [9.17, 15) is 0 Å². The maximum absolute atomic E-state index is 5.75. The molecule has 2 nitrogen and oxygen atoms in total. The van der Waals surface area contributed by atoms with Gasteiger partial charge < -0.3 is 0 Å². The van der Waals surface area contributed by atoms with Crippen molar-refractivity contribution in [3.8, 4) is 10.7 Å². The summed E-state index contributed by atoms with van der Waals surface area (Å²) >= 11 is 10.8. The van der Waals surface area contributed by atoms with Gasteiger partial charge in [-0.3, -0.25) is 0 Å². The van der Waals surface area contributed by atoms with Crippen molar-refractivity contribution in [2.24, 2.45) is 0 Å². The standard InChI is InChI=1S/C10H8BrClN2S/c1-6-7(3-12)4-13-10(14-6)9-2-8(11)5-15-9/h2,4-5H,3H2,1H3. The van der Waals surface area contributed by atoms with Crippen LogP contribution in [0.15, 0.2) is 22.1 Å². The number of halogens is 2. The Bertz CT molecular complexity index is 484. The fraction of sp³-hybridized carbons (Fsp3) is 0.200. The molecule has 2 rings (SSSR count). The molecule has 0 aromatic carbocycles. The first kappa shape index (κ1) is 11.0. The number of rotatable bonds is 2. The number of alkyl halides is 1. The summed E-state index contributed by atoms with van der Waals surface area (Å²) in [5, 5.41) is 2.02. The topological polar surface area (TPSA) is 25.8 Å². The quantitative estimate of drug-likeness (QED) is 0.783. The Morgan fingerprint density at radius 2 is 2.33 bits per heavy atom. The molecule has 2 aromatic heterocycles. The maximum Gasteiger partial charge on any atom is 0.169 e. The van der Waals surface area contributed by atoms with Crippen LogP contribution in [0.2, 0.25) is 0 Å². The third-order valence-electron chi connectivity index (χ3n) is 2.01. The lowest BCUT2D eigenvalue weighted by molar-refractivity contribution is 1.06. The minimum atomic E-state index is 0.459. The highest BCUT2D eigenvalue weighted by Gasteiger charge is 2.06. The monoisotopic (exact) mass is 302 g/mol. The van der Waals surface area contributed by atoms with Crippen molar-refractivity contribution in [1.82, 2.24) is 9.97 Å². The van der Waals surface area contributed by atoms with Gasteiger partial charge in [-0.05, 0) is 28.9 Å². The molecule has 0 fully saturated rings. The van der Waals surface area contributed by atoms with E-state index in [1.165, 1.54) is 0 Å². The van der Waals surface area contributed by atoms with Gasteiger partial charge in [-0.1, -0.05) is 0 Å². The van der Waals surface area contributed by atoms with Gasteiger partial charge in [0.2, 0.25) is 0 Å². The first-order chi connectivity index (χ1) is 7.20. The van der Waals surface area contributed by atoms with E-state index >= 15 is 0 Å². The van der Waals surface area contributed by atoms with Crippen LogP contribution in [0.1, 0.15) is 11.3 Å². The molecule has 0 saturated heterocycles. The summed E-state index contributed by atoms with van der Waals surface area (Å²) in [7, 11) is 0. The van der Waals surface area contributed by atoms with E-state index in [0.717, 1.165) is 26.4 Å². The molecule has 0 spiro atoms. The number of hydrogen-bond acceptors (Lipinski definition) is 3. The van der Waals surface area contributed by atoms with E-state index in [0.29, 0.717) is 5.88 Å². The molecule has 0 radical (unpaired) electrons. The van der Waals surface area contributed by atoms with Crippen LogP contribution in [0, 0.1) is 6.92 Å². The van der Waals surface area contributed by atoms with Crippen molar-refractivity contribution in [2.45, 2.75) is 12.8 Å². The Hall–Kier alpha value is -0.450. The Balaban J connectivity index is 2.42. The van der Waals surface area contributed by atoms with Crippen molar-refractivity contribution in [2.75, 3.05) is 0 Å². The molecule has 0 amide bonds. The number of aromatic nitrogens is 2. The van der Waals surface area contributed by atoms with Gasteiger partial charge in [0, 0.05) is 27.3 Å². The molecule has 0 aliphatic carbocycles. The Morgan fingerprint density at radius 1 is 1.53 bits per heavy atom. The Labute approximate surface area is 105 Å². The molecule has 78 valence electrons. The van der Waals surface area contributed by atoms with Gasteiger partial charge in [0.25, 0.3) is 0 Å². The van der Waals surface area contributed by atoms with Crippen LogP contribution < -0.4 is 0 Å². The molecular formula is C10H8BrClN2S. The second-order valence-corrected chi connectivity index (χ2v) is 5.16. The Kier molecular flexibility index (Phi) is 3.38. The summed E-state index contributed by atoms with van der Waals surface area (Å²) in [6.07, 6.45) is 1.79. The van der Waals surface area contributed by atoms with Gasteiger partial charge in [-0.15, -0.1) is 22.9 Å². The van der Waals surface area contributed by atoms with Crippen molar-refractivity contribution >= 4 is 38.9 Å². The molecule has 0 bridgehead atoms. The molecule has 5 heteroatoms. The van der Waals surface area contributed by atoms with Crippen LogP contribution in [-0.4, -0.2) is 9.97 Å². The van der Waals surface area contributed by atoms with Crippen molar-refractivity contribution in [1.29, 1.82) is 0 Å². The second kappa shape index (κ2) is 4.60. The van der Waals surface area contributed by atoms with E-state index in [1.807, 2.05) is 18.4 Å². The lowest BCUT2D eigenvalue weighted by atomic mass is 10.3. The van der Waals surface area contributed by atoms with E-state index < -0.39 is 0 Å². The molecule has 2 aromatic rings. The summed E-state index contributed by atoms with van der Waals surface area (Å²) in [6.45, 7) is 1.95. The number of aryl methyl sites for hydroxylation is 1. The van der Waals surface area contributed by atoms with Crippen LogP contribution in [0.4, 0.5) is 0 Å². The molecular weight excluding hydrogens is 296 g/mol. The van der Waals surface area contributed by atoms with E-state index in [1.54, 1.807) is 17.5 Å². The molecule has 15 heavy (non-hydrogen) atoms. The highest BCUT2D eigenvalue weighted by atomic mass is 79.9. The van der Waals surface area contributed by atoms with E-state index in [-0.39, 0.29) is 0 Å². The van der Waals surface area contributed by atoms with Crippen LogP contribution in [-0.2, 0) is 5.88 Å². The zero-order chi connectivity index (χ0) is 10.8. The van der Waals surface area contributed by atoms with Gasteiger partial charge in [-0.2, -0.15) is 0 Å². The number of nitrogens with zero attached hydrogens (tertiary/aromatic N) is 2. The SMILES string of the molecule is Cc1nc(-c2cc(Br)cs2)ncc1CCl. The predicted molar refractivity (Wildman–Crippen MR) is 67.3 cm³/mol. The maximum atomic E-state index is 5.75. The highest BCUT2D eigenvalue weighted by molar-refractivity contribution is 9.10. The van der Waals surface area contributed by atoms with Crippen molar-refractivity contribution in [3.63, 3.8) is 0 Å². The molecule has 0 saturated carbocycles. The fourth-order valence-electron chi connectivity index (χ4n) is 1.17. The number of hydrogen-bond donors (Lipinski definition) is 0. The first-order valence-electron chi connectivity index (χ1n) is 4.33. The summed E-state index contributed by atoms with van der Waals surface area (Å²) < 4.78 is 1.06. The molecule has 0 unspecified atom stereocenters. The Morgan fingerprint density at radius 3 is 2.87 bits per heavy atom. The second-order valence-electron chi connectivity index (χ2n) is 3.07. The van der Waals surface area contributed by atoms with Crippen LogP contribution in [0.5, 0.6) is 0 Å². The van der Waals surface area contributed by atoms with Gasteiger partial charge in [0.05, 0.1) is 10.8 Å². The summed E-state index contributed by atoms with van der Waals surface area (Å²) in [5.74, 6) is 1.22. The predicted octanol–water partition coefficient (Wildman–Crippen LogP) is 4.01. The molecule has 0 N–H and O–H groups in total. The third kappa shape index (κ3) is 2.38. The average molecular weight is 304 g/mol. The minimum Gasteiger partial charge on any atom is -0.236 e. The van der Waals surface area contributed by atoms with Crippen molar-refractivity contribution < 1.29 is 0 Å². The lowest BCUT2D eigenvalue weighted by Crippen LogP contribution is -1.94. The minimum absolute atomic E-state index is 0.459. The van der Waals surface area contributed by atoms with E-state index in [4.69, 9.17) is 11.6 Å². The van der Waals surface area contributed by atoms with Gasteiger partial charge in [0.1, 0.15) is 0 Å².